The number of aryl methyl sites for hydroxylation is 1. The van der Waals surface area contributed by atoms with Gasteiger partial charge in [0.25, 0.3) is 5.56 Å². The largest absolute Gasteiger partial charge is 0.300 e. The highest BCUT2D eigenvalue weighted by Gasteiger charge is 2.38. The maximum absolute atomic E-state index is 12.6. The van der Waals surface area contributed by atoms with Gasteiger partial charge in [0.2, 0.25) is 0 Å². The summed E-state index contributed by atoms with van der Waals surface area (Å²) in [7, 11) is 0. The topological polar surface area (TPSA) is 75.9 Å². The van der Waals surface area contributed by atoms with E-state index in [1.165, 1.54) is 35.6 Å². The smallest absolute Gasteiger partial charge is 0.272 e. The van der Waals surface area contributed by atoms with Crippen molar-refractivity contribution < 1.29 is 0 Å². The number of allylic oxidation sites excluding steroid dienone is 1. The molecule has 32 heavy (non-hydrogen) atoms. The summed E-state index contributed by atoms with van der Waals surface area (Å²) in [6.07, 6.45) is 8.69. The van der Waals surface area contributed by atoms with Crippen LogP contribution in [0.1, 0.15) is 42.5 Å². The maximum atomic E-state index is 12.6. The van der Waals surface area contributed by atoms with Crippen LogP contribution in [0, 0.1) is 12.8 Å². The molecule has 0 radical (unpaired) electrons. The lowest BCUT2D eigenvalue weighted by Crippen LogP contribution is -2.52. The minimum atomic E-state index is -0.0566. The normalized spacial score (nSPS) is 20.5. The SMILES string of the molecule is CC1=C(C2CC2)c2nccc(=O)n2NC1N1CCc2ncc(-c3ccc(C)nc3)cc2C1. The van der Waals surface area contributed by atoms with Crippen molar-refractivity contribution in [3.05, 3.63) is 81.6 Å². The molecule has 3 aromatic rings. The summed E-state index contributed by atoms with van der Waals surface area (Å²) in [5.74, 6) is 1.29. The van der Waals surface area contributed by atoms with Crippen molar-refractivity contribution in [2.45, 2.75) is 45.8 Å². The van der Waals surface area contributed by atoms with Crippen LogP contribution in [0.15, 0.2) is 53.2 Å². The van der Waals surface area contributed by atoms with Gasteiger partial charge in [0.15, 0.2) is 5.82 Å². The molecule has 3 aromatic heterocycles. The Labute approximate surface area is 186 Å². The standard InChI is InChI=1S/C25H26N6O/c1-15-3-4-18(12-27-15)19-11-20-14-30(10-8-21(20)28-13-19)24-16(2)23(17-5-6-17)25-26-9-7-22(32)31(25)29-24/h3-4,7,9,11-13,17,24,29H,5-6,8,10,14H2,1-2H3. The van der Waals surface area contributed by atoms with Gasteiger partial charge in [-0.2, -0.15) is 0 Å². The van der Waals surface area contributed by atoms with Gasteiger partial charge in [0.05, 0.1) is 0 Å². The maximum Gasteiger partial charge on any atom is 0.272 e. The zero-order valence-electron chi connectivity index (χ0n) is 18.4. The van der Waals surface area contributed by atoms with Crippen LogP contribution in [0.4, 0.5) is 0 Å². The quantitative estimate of drug-likeness (QED) is 0.694. The van der Waals surface area contributed by atoms with Crippen LogP contribution in [0.25, 0.3) is 16.7 Å². The van der Waals surface area contributed by atoms with Crippen molar-refractivity contribution in [1.29, 1.82) is 0 Å². The van der Waals surface area contributed by atoms with E-state index in [0.29, 0.717) is 5.92 Å². The minimum Gasteiger partial charge on any atom is -0.300 e. The number of pyridine rings is 2. The van der Waals surface area contributed by atoms with Crippen LogP contribution >= 0.6 is 0 Å². The first-order valence-corrected chi connectivity index (χ1v) is 11.3. The molecule has 0 bridgehead atoms. The molecule has 7 nitrogen and oxygen atoms in total. The lowest BCUT2D eigenvalue weighted by atomic mass is 9.96. The number of rotatable bonds is 3. The average molecular weight is 427 g/mol. The molecule has 1 unspecified atom stereocenters. The van der Waals surface area contributed by atoms with E-state index in [2.05, 4.69) is 39.4 Å². The van der Waals surface area contributed by atoms with E-state index in [1.807, 2.05) is 25.4 Å². The summed E-state index contributed by atoms with van der Waals surface area (Å²) < 4.78 is 1.65. The summed E-state index contributed by atoms with van der Waals surface area (Å²) in [6.45, 7) is 5.86. The van der Waals surface area contributed by atoms with E-state index < -0.39 is 0 Å². The Hall–Kier alpha value is -3.32. The lowest BCUT2D eigenvalue weighted by Gasteiger charge is -2.40. The third-order valence-corrected chi connectivity index (χ3v) is 6.84. The number of fused-ring (bicyclic) bond motifs is 2. The van der Waals surface area contributed by atoms with E-state index >= 15 is 0 Å². The van der Waals surface area contributed by atoms with E-state index in [4.69, 9.17) is 4.98 Å². The third kappa shape index (κ3) is 3.24. The average Bonchev–Trinajstić information content (AvgIpc) is 3.64. The van der Waals surface area contributed by atoms with Gasteiger partial charge in [-0.1, -0.05) is 6.07 Å². The van der Waals surface area contributed by atoms with Crippen LogP contribution in [0.3, 0.4) is 0 Å². The number of hydrogen-bond acceptors (Lipinski definition) is 6. The van der Waals surface area contributed by atoms with Gasteiger partial charge in [0, 0.05) is 72.3 Å². The predicted octanol–water partition coefficient (Wildman–Crippen LogP) is 3.13. The fourth-order valence-electron chi connectivity index (χ4n) is 4.96. The fraction of sp³-hybridized carbons (Fsp3) is 0.360. The summed E-state index contributed by atoms with van der Waals surface area (Å²) >= 11 is 0. The summed E-state index contributed by atoms with van der Waals surface area (Å²) in [4.78, 5) is 28.8. The van der Waals surface area contributed by atoms with Gasteiger partial charge in [-0.05, 0) is 55.9 Å². The molecule has 7 heteroatoms. The lowest BCUT2D eigenvalue weighted by molar-refractivity contribution is 0.204. The fourth-order valence-corrected chi connectivity index (χ4v) is 4.96. The molecule has 6 rings (SSSR count). The number of nitrogens with zero attached hydrogens (tertiary/aromatic N) is 5. The Balaban J connectivity index is 1.34. The molecule has 0 saturated heterocycles. The number of nitrogens with one attached hydrogen (secondary N) is 1. The highest BCUT2D eigenvalue weighted by atomic mass is 16.1. The Morgan fingerprint density at radius 3 is 2.66 bits per heavy atom. The molecule has 1 fully saturated rings. The third-order valence-electron chi connectivity index (χ3n) is 6.84. The van der Waals surface area contributed by atoms with Crippen LogP contribution in [0.2, 0.25) is 0 Å². The minimum absolute atomic E-state index is 0.0298. The van der Waals surface area contributed by atoms with Crippen LogP contribution in [-0.2, 0) is 13.0 Å². The van der Waals surface area contributed by atoms with Crippen molar-refractivity contribution >= 4 is 5.57 Å². The predicted molar refractivity (Wildman–Crippen MR) is 123 cm³/mol. The van der Waals surface area contributed by atoms with Gasteiger partial charge < -0.3 is 0 Å². The molecule has 0 spiro atoms. The molecular weight excluding hydrogens is 400 g/mol. The number of aromatic nitrogens is 4. The van der Waals surface area contributed by atoms with Gasteiger partial charge in [-0.25, -0.2) is 9.66 Å². The second-order valence-electron chi connectivity index (χ2n) is 9.08. The second kappa shape index (κ2) is 7.38. The van der Waals surface area contributed by atoms with Crippen molar-refractivity contribution in [2.24, 2.45) is 5.92 Å². The van der Waals surface area contributed by atoms with E-state index in [1.54, 1.807) is 10.9 Å². The van der Waals surface area contributed by atoms with Crippen molar-refractivity contribution in [2.75, 3.05) is 12.0 Å². The Morgan fingerprint density at radius 2 is 1.88 bits per heavy atom. The first-order valence-electron chi connectivity index (χ1n) is 11.3. The molecule has 0 amide bonds. The molecule has 1 aliphatic carbocycles. The van der Waals surface area contributed by atoms with E-state index in [0.717, 1.165) is 47.8 Å². The first kappa shape index (κ1) is 19.4. The molecular formula is C25H26N6O. The van der Waals surface area contributed by atoms with Gasteiger partial charge in [-0.15, -0.1) is 0 Å². The van der Waals surface area contributed by atoms with Crippen LogP contribution < -0.4 is 11.0 Å². The van der Waals surface area contributed by atoms with Crippen molar-refractivity contribution in [3.8, 4) is 11.1 Å². The molecule has 5 heterocycles. The summed E-state index contributed by atoms with van der Waals surface area (Å²) in [5, 5.41) is 0. The molecule has 162 valence electrons. The molecule has 1 saturated carbocycles. The second-order valence-corrected chi connectivity index (χ2v) is 9.08. The Kier molecular flexibility index (Phi) is 4.47. The molecule has 1 atom stereocenters. The van der Waals surface area contributed by atoms with Gasteiger partial charge in [-0.3, -0.25) is 25.1 Å². The molecule has 0 aromatic carbocycles. The Morgan fingerprint density at radius 1 is 1.03 bits per heavy atom. The van der Waals surface area contributed by atoms with Crippen molar-refractivity contribution in [1.82, 2.24) is 24.5 Å². The van der Waals surface area contributed by atoms with Gasteiger partial charge in [0.1, 0.15) is 6.17 Å². The van der Waals surface area contributed by atoms with E-state index in [-0.39, 0.29) is 11.7 Å². The Bertz CT molecular complexity index is 1290. The van der Waals surface area contributed by atoms with Crippen LogP contribution in [0.5, 0.6) is 0 Å². The zero-order valence-corrected chi connectivity index (χ0v) is 18.4. The summed E-state index contributed by atoms with van der Waals surface area (Å²) in [5.41, 5.74) is 11.5. The molecule has 2 aliphatic heterocycles. The number of hydrogen-bond donors (Lipinski definition) is 1. The molecule has 1 N–H and O–H groups in total. The monoisotopic (exact) mass is 426 g/mol. The van der Waals surface area contributed by atoms with Crippen LogP contribution in [-0.4, -0.2) is 37.2 Å². The summed E-state index contributed by atoms with van der Waals surface area (Å²) in [6, 6.07) is 7.90. The first-order chi connectivity index (χ1) is 15.6. The zero-order chi connectivity index (χ0) is 21.8. The highest BCUT2D eigenvalue weighted by Crippen LogP contribution is 2.45. The highest BCUT2D eigenvalue weighted by molar-refractivity contribution is 5.70. The van der Waals surface area contributed by atoms with Crippen molar-refractivity contribution in [3.63, 3.8) is 0 Å². The molecule has 3 aliphatic rings. The van der Waals surface area contributed by atoms with Gasteiger partial charge >= 0.3 is 0 Å². The van der Waals surface area contributed by atoms with E-state index in [9.17, 15) is 4.79 Å².